The molecule has 0 saturated heterocycles. The molecule has 1 aromatic heterocycles. The standard InChI is InChI=1S/C7H9N3OS/c1-11-6-4-2-12-3-5(4)9-7(8)10-6/h2-3H2,1H3,(H2,8,9,10). The van der Waals surface area contributed by atoms with E-state index in [4.69, 9.17) is 10.5 Å². The van der Waals surface area contributed by atoms with Crippen molar-refractivity contribution in [3.63, 3.8) is 0 Å². The molecule has 64 valence electrons. The van der Waals surface area contributed by atoms with Gasteiger partial charge in [0.2, 0.25) is 11.8 Å². The Balaban J connectivity index is 2.55. The summed E-state index contributed by atoms with van der Waals surface area (Å²) < 4.78 is 5.09. The number of hydrogen-bond acceptors (Lipinski definition) is 5. The lowest BCUT2D eigenvalue weighted by molar-refractivity contribution is 0.393. The third-order valence-electron chi connectivity index (χ3n) is 1.75. The van der Waals surface area contributed by atoms with Crippen molar-refractivity contribution in [3.8, 4) is 5.88 Å². The smallest absolute Gasteiger partial charge is 0.223 e. The molecule has 0 unspecified atom stereocenters. The van der Waals surface area contributed by atoms with E-state index in [1.807, 2.05) is 0 Å². The second kappa shape index (κ2) is 2.82. The van der Waals surface area contributed by atoms with Crippen LogP contribution in [0.3, 0.4) is 0 Å². The molecule has 0 atom stereocenters. The SMILES string of the molecule is COc1nc(N)nc2c1CSC2. The van der Waals surface area contributed by atoms with Gasteiger partial charge in [-0.25, -0.2) is 4.98 Å². The molecule has 0 saturated carbocycles. The van der Waals surface area contributed by atoms with Crippen LogP contribution in [-0.2, 0) is 11.5 Å². The number of hydrogen-bond donors (Lipinski definition) is 1. The van der Waals surface area contributed by atoms with Crippen LogP contribution in [0.4, 0.5) is 5.95 Å². The molecule has 0 aliphatic carbocycles. The largest absolute Gasteiger partial charge is 0.481 e. The van der Waals surface area contributed by atoms with E-state index in [9.17, 15) is 0 Å². The monoisotopic (exact) mass is 183 g/mol. The first-order chi connectivity index (χ1) is 5.81. The second-order valence-electron chi connectivity index (χ2n) is 2.51. The first-order valence-corrected chi connectivity index (χ1v) is 4.73. The van der Waals surface area contributed by atoms with Crippen molar-refractivity contribution in [2.75, 3.05) is 12.8 Å². The lowest BCUT2D eigenvalue weighted by Gasteiger charge is -2.04. The van der Waals surface area contributed by atoms with Gasteiger partial charge < -0.3 is 10.5 Å². The summed E-state index contributed by atoms with van der Waals surface area (Å²) in [6.07, 6.45) is 0. The molecule has 0 bridgehead atoms. The molecule has 0 amide bonds. The average molecular weight is 183 g/mol. The van der Waals surface area contributed by atoms with Crippen LogP contribution in [0, 0.1) is 0 Å². The van der Waals surface area contributed by atoms with Gasteiger partial charge in [0.1, 0.15) is 0 Å². The minimum absolute atomic E-state index is 0.299. The van der Waals surface area contributed by atoms with Crippen molar-refractivity contribution in [1.82, 2.24) is 9.97 Å². The number of thioether (sulfide) groups is 1. The number of fused-ring (bicyclic) bond motifs is 1. The Hall–Kier alpha value is -0.970. The van der Waals surface area contributed by atoms with Crippen molar-refractivity contribution < 1.29 is 4.74 Å². The molecule has 0 aromatic carbocycles. The molecular weight excluding hydrogens is 174 g/mol. The molecule has 2 heterocycles. The van der Waals surface area contributed by atoms with E-state index in [0.29, 0.717) is 11.8 Å². The average Bonchev–Trinajstić information content (AvgIpc) is 2.50. The van der Waals surface area contributed by atoms with Gasteiger partial charge in [-0.15, -0.1) is 0 Å². The number of ether oxygens (including phenoxy) is 1. The molecule has 1 aliphatic heterocycles. The zero-order valence-electron chi connectivity index (χ0n) is 6.70. The first-order valence-electron chi connectivity index (χ1n) is 3.58. The van der Waals surface area contributed by atoms with Crippen molar-refractivity contribution in [1.29, 1.82) is 0 Å². The number of anilines is 1. The summed E-state index contributed by atoms with van der Waals surface area (Å²) >= 11 is 1.80. The number of aromatic nitrogens is 2. The third kappa shape index (κ3) is 1.10. The van der Waals surface area contributed by atoms with Crippen LogP contribution in [0.2, 0.25) is 0 Å². The van der Waals surface area contributed by atoms with Gasteiger partial charge in [-0.2, -0.15) is 16.7 Å². The normalized spacial score (nSPS) is 14.4. The Labute approximate surface area is 74.5 Å². The Bertz CT molecular complexity index is 316. The molecular formula is C7H9N3OS. The van der Waals surface area contributed by atoms with Gasteiger partial charge in [-0.05, 0) is 0 Å². The lowest BCUT2D eigenvalue weighted by atomic mass is 10.3. The first kappa shape index (κ1) is 7.67. The van der Waals surface area contributed by atoms with Gasteiger partial charge in [0.05, 0.1) is 12.8 Å². The van der Waals surface area contributed by atoms with Crippen LogP contribution in [0.1, 0.15) is 11.3 Å². The molecule has 1 aliphatic rings. The number of nitrogens with zero attached hydrogens (tertiary/aromatic N) is 2. The van der Waals surface area contributed by atoms with Crippen molar-refractivity contribution >= 4 is 17.7 Å². The number of nitrogen functional groups attached to an aromatic ring is 1. The molecule has 2 N–H and O–H groups in total. The van der Waals surface area contributed by atoms with Crippen molar-refractivity contribution in [2.24, 2.45) is 0 Å². The molecule has 4 nitrogen and oxygen atoms in total. The fourth-order valence-electron chi connectivity index (χ4n) is 1.21. The molecule has 0 spiro atoms. The Morgan fingerprint density at radius 3 is 3.00 bits per heavy atom. The van der Waals surface area contributed by atoms with E-state index >= 15 is 0 Å². The van der Waals surface area contributed by atoms with Gasteiger partial charge in [0.25, 0.3) is 0 Å². The second-order valence-corrected chi connectivity index (χ2v) is 3.49. The minimum atomic E-state index is 0.299. The summed E-state index contributed by atoms with van der Waals surface area (Å²) in [7, 11) is 1.60. The zero-order chi connectivity index (χ0) is 8.55. The van der Waals surface area contributed by atoms with Crippen LogP contribution >= 0.6 is 11.8 Å². The van der Waals surface area contributed by atoms with Crippen LogP contribution in [-0.4, -0.2) is 17.1 Å². The van der Waals surface area contributed by atoms with Gasteiger partial charge >= 0.3 is 0 Å². The topological polar surface area (TPSA) is 61.0 Å². The Morgan fingerprint density at radius 1 is 1.42 bits per heavy atom. The summed E-state index contributed by atoms with van der Waals surface area (Å²) in [5, 5.41) is 0. The summed E-state index contributed by atoms with van der Waals surface area (Å²) in [6, 6.07) is 0. The maximum absolute atomic E-state index is 5.50. The Kier molecular flexibility index (Phi) is 1.80. The van der Waals surface area contributed by atoms with E-state index < -0.39 is 0 Å². The summed E-state index contributed by atoms with van der Waals surface area (Å²) in [5.74, 6) is 2.77. The highest BCUT2D eigenvalue weighted by Gasteiger charge is 2.19. The predicted molar refractivity (Wildman–Crippen MR) is 48.0 cm³/mol. The summed E-state index contributed by atoms with van der Waals surface area (Å²) in [5.41, 5.74) is 7.61. The highest BCUT2D eigenvalue weighted by atomic mass is 32.2. The van der Waals surface area contributed by atoms with Crippen LogP contribution < -0.4 is 10.5 Å². The zero-order valence-corrected chi connectivity index (χ0v) is 7.52. The number of methoxy groups -OCH3 is 1. The highest BCUT2D eigenvalue weighted by Crippen LogP contribution is 2.33. The van der Waals surface area contributed by atoms with Gasteiger partial charge in [0.15, 0.2) is 0 Å². The summed E-state index contributed by atoms with van der Waals surface area (Å²) in [4.78, 5) is 8.12. The van der Waals surface area contributed by atoms with Gasteiger partial charge in [0, 0.05) is 17.1 Å². The Morgan fingerprint density at radius 2 is 2.25 bits per heavy atom. The summed E-state index contributed by atoms with van der Waals surface area (Å²) in [6.45, 7) is 0. The van der Waals surface area contributed by atoms with E-state index in [1.54, 1.807) is 18.9 Å². The van der Waals surface area contributed by atoms with Crippen molar-refractivity contribution in [3.05, 3.63) is 11.3 Å². The fourth-order valence-corrected chi connectivity index (χ4v) is 2.24. The lowest BCUT2D eigenvalue weighted by Crippen LogP contribution is -2.02. The van der Waals surface area contributed by atoms with E-state index in [-0.39, 0.29) is 0 Å². The quantitative estimate of drug-likeness (QED) is 0.698. The maximum atomic E-state index is 5.50. The van der Waals surface area contributed by atoms with E-state index in [1.165, 1.54) is 0 Å². The minimum Gasteiger partial charge on any atom is -0.481 e. The van der Waals surface area contributed by atoms with Crippen molar-refractivity contribution in [2.45, 2.75) is 11.5 Å². The highest BCUT2D eigenvalue weighted by molar-refractivity contribution is 7.98. The molecule has 1 aromatic rings. The van der Waals surface area contributed by atoms with Crippen LogP contribution in [0.25, 0.3) is 0 Å². The predicted octanol–water partition coefficient (Wildman–Crippen LogP) is 0.814. The van der Waals surface area contributed by atoms with Crippen LogP contribution in [0.15, 0.2) is 0 Å². The van der Waals surface area contributed by atoms with E-state index in [2.05, 4.69) is 9.97 Å². The molecule has 2 rings (SSSR count). The fraction of sp³-hybridized carbons (Fsp3) is 0.429. The number of nitrogens with two attached hydrogens (primary N) is 1. The van der Waals surface area contributed by atoms with Crippen LogP contribution in [0.5, 0.6) is 5.88 Å². The number of rotatable bonds is 1. The van der Waals surface area contributed by atoms with E-state index in [0.717, 1.165) is 22.8 Å². The molecule has 0 radical (unpaired) electrons. The molecule has 12 heavy (non-hydrogen) atoms. The maximum Gasteiger partial charge on any atom is 0.223 e. The third-order valence-corrected chi connectivity index (χ3v) is 2.72. The molecule has 0 fully saturated rings. The van der Waals surface area contributed by atoms with Gasteiger partial charge in [-0.1, -0.05) is 0 Å². The molecule has 5 heteroatoms. The van der Waals surface area contributed by atoms with Gasteiger partial charge in [-0.3, -0.25) is 0 Å².